The third-order valence-corrected chi connectivity index (χ3v) is 7.05. The number of rotatable bonds is 7. The molecule has 0 saturated carbocycles. The zero-order valence-electron chi connectivity index (χ0n) is 18.8. The molecule has 1 saturated heterocycles. The van der Waals surface area contributed by atoms with Crippen LogP contribution in [0.3, 0.4) is 0 Å². The normalized spacial score (nSPS) is 13.7. The van der Waals surface area contributed by atoms with Crippen molar-refractivity contribution in [3.63, 3.8) is 0 Å². The summed E-state index contributed by atoms with van der Waals surface area (Å²) in [5, 5.41) is 0.719. The fourth-order valence-electron chi connectivity index (χ4n) is 3.86. The topological polar surface area (TPSA) is 42.0 Å². The quantitative estimate of drug-likeness (QED) is 0.409. The van der Waals surface area contributed by atoms with Crippen LogP contribution in [-0.2, 0) is 5.75 Å². The second kappa shape index (κ2) is 10.9. The van der Waals surface area contributed by atoms with Crippen LogP contribution in [0.4, 0.5) is 5.69 Å². The van der Waals surface area contributed by atoms with Gasteiger partial charge in [-0.25, -0.2) is 0 Å². The van der Waals surface area contributed by atoms with Crippen LogP contribution in [0.1, 0.15) is 15.9 Å². The highest BCUT2D eigenvalue weighted by atomic mass is 35.5. The standard InChI is InChI=1S/C26H27ClN2O3S/c1-31-23-8-6-22(7-9-23)28-13-15-29(16-14-28)26(30)19-3-12-25(32-2)20(17-19)18-33-24-10-4-21(27)5-11-24/h3-12,17H,13-16,18H2,1-2H3. The van der Waals surface area contributed by atoms with E-state index in [9.17, 15) is 4.79 Å². The van der Waals surface area contributed by atoms with Crippen molar-refractivity contribution in [3.8, 4) is 11.5 Å². The Hall–Kier alpha value is -2.83. The van der Waals surface area contributed by atoms with Crippen molar-refractivity contribution in [3.05, 3.63) is 82.9 Å². The molecule has 5 nitrogen and oxygen atoms in total. The van der Waals surface area contributed by atoms with E-state index in [2.05, 4.69) is 17.0 Å². The molecule has 1 amide bonds. The second-order valence-electron chi connectivity index (χ2n) is 7.75. The molecule has 1 fully saturated rings. The van der Waals surface area contributed by atoms with Gasteiger partial charge in [-0.15, -0.1) is 11.8 Å². The molecular formula is C26H27ClN2O3S. The molecule has 33 heavy (non-hydrogen) atoms. The summed E-state index contributed by atoms with van der Waals surface area (Å²) < 4.78 is 10.8. The minimum Gasteiger partial charge on any atom is -0.497 e. The average molecular weight is 483 g/mol. The molecule has 0 bridgehead atoms. The van der Waals surface area contributed by atoms with E-state index < -0.39 is 0 Å². The molecule has 0 atom stereocenters. The van der Waals surface area contributed by atoms with E-state index in [1.807, 2.05) is 59.5 Å². The van der Waals surface area contributed by atoms with Gasteiger partial charge in [-0.2, -0.15) is 0 Å². The van der Waals surface area contributed by atoms with Gasteiger partial charge in [0.25, 0.3) is 5.91 Å². The van der Waals surface area contributed by atoms with Gasteiger partial charge in [-0.05, 0) is 66.7 Å². The first kappa shape index (κ1) is 23.3. The van der Waals surface area contributed by atoms with Crippen molar-refractivity contribution < 1.29 is 14.3 Å². The zero-order chi connectivity index (χ0) is 23.2. The maximum atomic E-state index is 13.2. The molecule has 7 heteroatoms. The van der Waals surface area contributed by atoms with E-state index >= 15 is 0 Å². The number of anilines is 1. The van der Waals surface area contributed by atoms with Crippen LogP contribution < -0.4 is 14.4 Å². The second-order valence-corrected chi connectivity index (χ2v) is 9.23. The maximum absolute atomic E-state index is 13.2. The van der Waals surface area contributed by atoms with Crippen molar-refractivity contribution in [1.82, 2.24) is 4.90 Å². The number of ether oxygens (including phenoxy) is 2. The van der Waals surface area contributed by atoms with Crippen LogP contribution >= 0.6 is 23.4 Å². The summed E-state index contributed by atoms with van der Waals surface area (Å²) in [6, 6.07) is 21.5. The van der Waals surface area contributed by atoms with Crippen molar-refractivity contribution in [2.75, 3.05) is 45.3 Å². The van der Waals surface area contributed by atoms with E-state index in [1.54, 1.807) is 26.0 Å². The SMILES string of the molecule is COc1ccc(N2CCN(C(=O)c3ccc(OC)c(CSc4ccc(Cl)cc4)c3)CC2)cc1. The van der Waals surface area contributed by atoms with Gasteiger partial charge in [0, 0.05) is 58.7 Å². The highest BCUT2D eigenvalue weighted by molar-refractivity contribution is 7.98. The summed E-state index contributed by atoms with van der Waals surface area (Å²) in [5.74, 6) is 2.40. The lowest BCUT2D eigenvalue weighted by Gasteiger charge is -2.36. The monoisotopic (exact) mass is 482 g/mol. The van der Waals surface area contributed by atoms with E-state index in [0.717, 1.165) is 45.8 Å². The van der Waals surface area contributed by atoms with Crippen molar-refractivity contribution >= 4 is 35.0 Å². The number of benzene rings is 3. The van der Waals surface area contributed by atoms with E-state index in [-0.39, 0.29) is 5.91 Å². The fourth-order valence-corrected chi connectivity index (χ4v) is 4.86. The highest BCUT2D eigenvalue weighted by Crippen LogP contribution is 2.30. The number of nitrogens with zero attached hydrogens (tertiary/aromatic N) is 2. The molecule has 0 spiro atoms. The van der Waals surface area contributed by atoms with Crippen molar-refractivity contribution in [2.24, 2.45) is 0 Å². The van der Waals surface area contributed by atoms with Gasteiger partial charge in [0.1, 0.15) is 11.5 Å². The smallest absolute Gasteiger partial charge is 0.253 e. The molecule has 4 rings (SSSR count). The molecule has 0 aromatic heterocycles. The Labute approximate surface area is 204 Å². The van der Waals surface area contributed by atoms with Crippen LogP contribution in [0, 0.1) is 0 Å². The van der Waals surface area contributed by atoms with Crippen LogP contribution in [0.15, 0.2) is 71.6 Å². The first-order chi connectivity index (χ1) is 16.1. The van der Waals surface area contributed by atoms with E-state index in [4.69, 9.17) is 21.1 Å². The number of halogens is 1. The Balaban J connectivity index is 1.40. The molecule has 1 aliphatic rings. The van der Waals surface area contributed by atoms with Crippen LogP contribution in [0.2, 0.25) is 5.02 Å². The lowest BCUT2D eigenvalue weighted by molar-refractivity contribution is 0.0746. The van der Waals surface area contributed by atoms with Crippen molar-refractivity contribution in [1.29, 1.82) is 0 Å². The molecule has 0 radical (unpaired) electrons. The number of thioether (sulfide) groups is 1. The number of amides is 1. The predicted molar refractivity (Wildman–Crippen MR) is 135 cm³/mol. The largest absolute Gasteiger partial charge is 0.497 e. The third kappa shape index (κ3) is 5.75. The Morgan fingerprint density at radius 1 is 0.909 bits per heavy atom. The summed E-state index contributed by atoms with van der Waals surface area (Å²) in [4.78, 5) is 18.6. The lowest BCUT2D eigenvalue weighted by atomic mass is 10.1. The Morgan fingerprint density at radius 3 is 2.24 bits per heavy atom. The molecule has 0 aliphatic carbocycles. The maximum Gasteiger partial charge on any atom is 0.253 e. The summed E-state index contributed by atoms with van der Waals surface area (Å²) in [6.07, 6.45) is 0. The Kier molecular flexibility index (Phi) is 7.68. The van der Waals surface area contributed by atoms with Crippen LogP contribution in [0.5, 0.6) is 11.5 Å². The Morgan fingerprint density at radius 2 is 1.61 bits per heavy atom. The third-order valence-electron chi connectivity index (χ3n) is 5.74. The average Bonchev–Trinajstić information content (AvgIpc) is 2.88. The summed E-state index contributed by atoms with van der Waals surface area (Å²) >= 11 is 7.67. The highest BCUT2D eigenvalue weighted by Gasteiger charge is 2.23. The molecule has 3 aromatic rings. The molecule has 0 N–H and O–H groups in total. The molecule has 0 unspecified atom stereocenters. The molecule has 1 aliphatic heterocycles. The van der Waals surface area contributed by atoms with Gasteiger partial charge < -0.3 is 19.3 Å². The van der Waals surface area contributed by atoms with E-state index in [0.29, 0.717) is 24.4 Å². The van der Waals surface area contributed by atoms with E-state index in [1.165, 1.54) is 0 Å². The van der Waals surface area contributed by atoms with Gasteiger partial charge in [-0.3, -0.25) is 4.79 Å². The minimum atomic E-state index is 0.0600. The summed E-state index contributed by atoms with van der Waals surface area (Å²) in [7, 11) is 3.33. The summed E-state index contributed by atoms with van der Waals surface area (Å²) in [6.45, 7) is 2.97. The van der Waals surface area contributed by atoms with Gasteiger partial charge in [0.05, 0.1) is 14.2 Å². The number of carbonyl (C=O) groups is 1. The number of piperazine rings is 1. The Bertz CT molecular complexity index is 1080. The lowest BCUT2D eigenvalue weighted by Crippen LogP contribution is -2.48. The number of methoxy groups -OCH3 is 2. The fraction of sp³-hybridized carbons (Fsp3) is 0.269. The number of carbonyl (C=O) groups excluding carboxylic acids is 1. The number of hydrogen-bond acceptors (Lipinski definition) is 5. The summed E-state index contributed by atoms with van der Waals surface area (Å²) in [5.41, 5.74) is 2.84. The van der Waals surface area contributed by atoms with Crippen LogP contribution in [0.25, 0.3) is 0 Å². The molecular weight excluding hydrogens is 456 g/mol. The first-order valence-corrected chi connectivity index (χ1v) is 12.2. The molecule has 3 aromatic carbocycles. The van der Waals surface area contributed by atoms with Crippen molar-refractivity contribution in [2.45, 2.75) is 10.6 Å². The molecule has 1 heterocycles. The predicted octanol–water partition coefficient (Wildman–Crippen LogP) is 5.61. The molecule has 172 valence electrons. The van der Waals surface area contributed by atoms with Crippen LogP contribution in [-0.4, -0.2) is 51.2 Å². The number of hydrogen-bond donors (Lipinski definition) is 0. The minimum absolute atomic E-state index is 0.0600. The van der Waals surface area contributed by atoms with Gasteiger partial charge in [0.2, 0.25) is 0 Å². The van der Waals surface area contributed by atoms with Gasteiger partial charge >= 0.3 is 0 Å². The van der Waals surface area contributed by atoms with Gasteiger partial charge in [-0.1, -0.05) is 11.6 Å². The first-order valence-electron chi connectivity index (χ1n) is 10.8. The zero-order valence-corrected chi connectivity index (χ0v) is 20.4. The van der Waals surface area contributed by atoms with Gasteiger partial charge in [0.15, 0.2) is 0 Å².